The molecular formula is C22H22N4O4. The third kappa shape index (κ3) is 3.68. The number of anilines is 1. The molecule has 8 heteroatoms. The van der Waals surface area contributed by atoms with Crippen LogP contribution in [0.5, 0.6) is 11.5 Å². The number of aromatic nitrogens is 2. The molecule has 2 aromatic carbocycles. The molecule has 3 heterocycles. The van der Waals surface area contributed by atoms with E-state index in [2.05, 4.69) is 20.4 Å². The number of amides is 1. The van der Waals surface area contributed by atoms with E-state index in [0.29, 0.717) is 29.0 Å². The smallest absolute Gasteiger partial charge is 0.318 e. The number of rotatable bonds is 5. The SMILES string of the molecule is O=C(N[C@@H](c1ccccc1)c1nnc(N2CCCCC2)o1)c1ccc2c(c1)OCO2. The van der Waals surface area contributed by atoms with Gasteiger partial charge < -0.3 is 24.1 Å². The van der Waals surface area contributed by atoms with Crippen LogP contribution >= 0.6 is 0 Å². The van der Waals surface area contributed by atoms with Crippen LogP contribution in [-0.4, -0.2) is 36.0 Å². The lowest BCUT2D eigenvalue weighted by molar-refractivity contribution is 0.0937. The van der Waals surface area contributed by atoms with Gasteiger partial charge in [-0.25, -0.2) is 0 Å². The molecule has 154 valence electrons. The highest BCUT2D eigenvalue weighted by Crippen LogP contribution is 2.33. The molecule has 0 unspecified atom stereocenters. The number of carbonyl (C=O) groups excluding carboxylic acids is 1. The van der Waals surface area contributed by atoms with Gasteiger partial charge in [-0.15, -0.1) is 5.10 Å². The Morgan fingerprint density at radius 2 is 1.77 bits per heavy atom. The van der Waals surface area contributed by atoms with Crippen molar-refractivity contribution in [2.45, 2.75) is 25.3 Å². The molecule has 1 N–H and O–H groups in total. The first kappa shape index (κ1) is 18.5. The van der Waals surface area contributed by atoms with E-state index in [0.717, 1.165) is 31.5 Å². The van der Waals surface area contributed by atoms with Gasteiger partial charge in [-0.05, 0) is 43.0 Å². The van der Waals surface area contributed by atoms with Crippen molar-refractivity contribution in [1.82, 2.24) is 15.5 Å². The van der Waals surface area contributed by atoms with Gasteiger partial charge >= 0.3 is 6.01 Å². The first-order valence-corrected chi connectivity index (χ1v) is 10.1. The number of hydrogen-bond acceptors (Lipinski definition) is 7. The van der Waals surface area contributed by atoms with Crippen molar-refractivity contribution in [3.8, 4) is 11.5 Å². The first-order chi connectivity index (χ1) is 14.8. The van der Waals surface area contributed by atoms with Crippen molar-refractivity contribution in [2.75, 3.05) is 24.8 Å². The highest BCUT2D eigenvalue weighted by molar-refractivity contribution is 5.95. The minimum atomic E-state index is -0.560. The molecule has 30 heavy (non-hydrogen) atoms. The van der Waals surface area contributed by atoms with Crippen LogP contribution in [0, 0.1) is 0 Å². The summed E-state index contributed by atoms with van der Waals surface area (Å²) in [5, 5.41) is 11.5. The predicted molar refractivity (Wildman–Crippen MR) is 109 cm³/mol. The highest BCUT2D eigenvalue weighted by atomic mass is 16.7. The Balaban J connectivity index is 1.41. The van der Waals surface area contributed by atoms with E-state index in [-0.39, 0.29) is 12.7 Å². The fourth-order valence-corrected chi connectivity index (χ4v) is 3.74. The van der Waals surface area contributed by atoms with Crippen LogP contribution in [0.1, 0.15) is 47.1 Å². The molecule has 0 saturated carbocycles. The van der Waals surface area contributed by atoms with Crippen LogP contribution in [0.4, 0.5) is 6.01 Å². The Kier molecular flexibility index (Phi) is 4.96. The molecule has 1 aromatic heterocycles. The summed E-state index contributed by atoms with van der Waals surface area (Å²) in [5.74, 6) is 1.29. The Morgan fingerprint density at radius 3 is 2.60 bits per heavy atom. The summed E-state index contributed by atoms with van der Waals surface area (Å²) >= 11 is 0. The lowest BCUT2D eigenvalue weighted by Gasteiger charge is -2.24. The van der Waals surface area contributed by atoms with E-state index in [1.165, 1.54) is 6.42 Å². The van der Waals surface area contributed by atoms with E-state index in [4.69, 9.17) is 13.9 Å². The fraction of sp³-hybridized carbons (Fsp3) is 0.318. The standard InChI is InChI=1S/C22H22N4O4/c27-20(16-9-10-17-18(13-16)29-14-28-17)23-19(15-7-3-1-4-8-15)21-24-25-22(30-21)26-11-5-2-6-12-26/h1,3-4,7-10,13,19H,2,5-6,11-12,14H2,(H,23,27)/t19-/m0/s1. The van der Waals surface area contributed by atoms with Crippen LogP contribution in [0.2, 0.25) is 0 Å². The minimum Gasteiger partial charge on any atom is -0.454 e. The van der Waals surface area contributed by atoms with Crippen LogP contribution in [-0.2, 0) is 0 Å². The molecular weight excluding hydrogens is 384 g/mol. The molecule has 2 aliphatic rings. The molecule has 1 saturated heterocycles. The summed E-state index contributed by atoms with van der Waals surface area (Å²) in [6.07, 6.45) is 3.44. The maximum absolute atomic E-state index is 13.0. The Labute approximate surface area is 173 Å². The van der Waals surface area contributed by atoms with Crippen molar-refractivity contribution in [1.29, 1.82) is 0 Å². The summed E-state index contributed by atoms with van der Waals surface area (Å²) in [6, 6.07) is 14.7. The van der Waals surface area contributed by atoms with E-state index < -0.39 is 6.04 Å². The summed E-state index contributed by atoms with van der Waals surface area (Å²) in [5.41, 5.74) is 1.33. The van der Waals surface area contributed by atoms with Crippen molar-refractivity contribution < 1.29 is 18.7 Å². The monoisotopic (exact) mass is 406 g/mol. The Bertz CT molecular complexity index is 1030. The molecule has 1 atom stereocenters. The van der Waals surface area contributed by atoms with Crippen LogP contribution in [0.25, 0.3) is 0 Å². The van der Waals surface area contributed by atoms with Crippen LogP contribution in [0.15, 0.2) is 52.9 Å². The van der Waals surface area contributed by atoms with Gasteiger partial charge in [0.15, 0.2) is 11.5 Å². The van der Waals surface area contributed by atoms with Gasteiger partial charge in [-0.2, -0.15) is 0 Å². The van der Waals surface area contributed by atoms with E-state index in [9.17, 15) is 4.79 Å². The third-order valence-electron chi connectivity index (χ3n) is 5.35. The molecule has 0 bridgehead atoms. The van der Waals surface area contributed by atoms with E-state index in [1.54, 1.807) is 18.2 Å². The summed E-state index contributed by atoms with van der Waals surface area (Å²) in [6.45, 7) is 1.97. The second kappa shape index (κ2) is 8.06. The molecule has 2 aliphatic heterocycles. The average Bonchev–Trinajstić information content (AvgIpc) is 3.48. The van der Waals surface area contributed by atoms with Gasteiger partial charge in [0.05, 0.1) is 0 Å². The average molecular weight is 406 g/mol. The first-order valence-electron chi connectivity index (χ1n) is 10.1. The molecule has 0 radical (unpaired) electrons. The van der Waals surface area contributed by atoms with Crippen molar-refractivity contribution >= 4 is 11.9 Å². The summed E-state index contributed by atoms with van der Waals surface area (Å²) in [7, 11) is 0. The molecule has 1 amide bonds. The minimum absolute atomic E-state index is 0.161. The largest absolute Gasteiger partial charge is 0.454 e. The predicted octanol–water partition coefficient (Wildman–Crippen LogP) is 3.31. The summed E-state index contributed by atoms with van der Waals surface area (Å²) < 4.78 is 16.7. The normalized spacial score (nSPS) is 16.3. The van der Waals surface area contributed by atoms with Gasteiger partial charge in [0.2, 0.25) is 12.7 Å². The number of fused-ring (bicyclic) bond motifs is 1. The zero-order valence-electron chi connectivity index (χ0n) is 16.4. The van der Waals surface area contributed by atoms with Gasteiger partial charge in [0.1, 0.15) is 6.04 Å². The second-order valence-corrected chi connectivity index (χ2v) is 7.36. The lowest BCUT2D eigenvalue weighted by Crippen LogP contribution is -2.30. The molecule has 0 spiro atoms. The molecule has 1 fully saturated rings. The quantitative estimate of drug-likeness (QED) is 0.695. The van der Waals surface area contributed by atoms with Crippen molar-refractivity contribution in [2.24, 2.45) is 0 Å². The zero-order chi connectivity index (χ0) is 20.3. The summed E-state index contributed by atoms with van der Waals surface area (Å²) in [4.78, 5) is 15.1. The third-order valence-corrected chi connectivity index (χ3v) is 5.35. The zero-order valence-corrected chi connectivity index (χ0v) is 16.4. The molecule has 3 aromatic rings. The van der Waals surface area contributed by atoms with Crippen molar-refractivity contribution in [3.05, 3.63) is 65.5 Å². The van der Waals surface area contributed by atoms with Gasteiger partial charge in [0, 0.05) is 18.7 Å². The second-order valence-electron chi connectivity index (χ2n) is 7.36. The lowest BCUT2D eigenvalue weighted by atomic mass is 10.1. The van der Waals surface area contributed by atoms with Gasteiger partial charge in [-0.3, -0.25) is 4.79 Å². The number of ether oxygens (including phenoxy) is 2. The topological polar surface area (TPSA) is 89.7 Å². The Hall–Kier alpha value is -3.55. The number of nitrogens with zero attached hydrogens (tertiary/aromatic N) is 3. The maximum atomic E-state index is 13.0. The van der Waals surface area contributed by atoms with Crippen molar-refractivity contribution in [3.63, 3.8) is 0 Å². The number of benzene rings is 2. The fourth-order valence-electron chi connectivity index (χ4n) is 3.74. The molecule has 8 nitrogen and oxygen atoms in total. The van der Waals surface area contributed by atoms with Crippen LogP contribution in [0.3, 0.4) is 0 Å². The number of piperidine rings is 1. The van der Waals surface area contributed by atoms with E-state index >= 15 is 0 Å². The number of carbonyl (C=O) groups is 1. The number of hydrogen-bond donors (Lipinski definition) is 1. The van der Waals surface area contributed by atoms with Crippen LogP contribution < -0.4 is 19.7 Å². The van der Waals surface area contributed by atoms with E-state index in [1.807, 2.05) is 30.3 Å². The maximum Gasteiger partial charge on any atom is 0.318 e. The molecule has 0 aliphatic carbocycles. The molecule has 5 rings (SSSR count). The Morgan fingerprint density at radius 1 is 0.967 bits per heavy atom. The van der Waals surface area contributed by atoms with Gasteiger partial charge in [-0.1, -0.05) is 35.4 Å². The highest BCUT2D eigenvalue weighted by Gasteiger charge is 2.26. The van der Waals surface area contributed by atoms with Gasteiger partial charge in [0.25, 0.3) is 5.91 Å². The number of nitrogens with one attached hydrogen (secondary N) is 1.